The van der Waals surface area contributed by atoms with Gasteiger partial charge in [-0.2, -0.15) is 0 Å². The molecule has 0 aliphatic carbocycles. The van der Waals surface area contributed by atoms with E-state index in [4.69, 9.17) is 11.5 Å². The summed E-state index contributed by atoms with van der Waals surface area (Å²) >= 11 is 6.39. The molecule has 0 spiro atoms. The van der Waals surface area contributed by atoms with Gasteiger partial charge in [0.15, 0.2) is 0 Å². The number of hydrogen-bond donors (Lipinski definition) is 5. The van der Waals surface area contributed by atoms with Gasteiger partial charge in [0.1, 0.15) is 16.9 Å². The van der Waals surface area contributed by atoms with Crippen LogP contribution >= 0.6 is 31.9 Å². The fourth-order valence-corrected chi connectivity index (χ4v) is 3.33. The number of aromatic nitrogens is 1. The number of benzene rings is 1. The molecule has 0 radical (unpaired) electrons. The number of H-pyrrole nitrogens is 1. The highest BCUT2D eigenvalue weighted by atomic mass is 79.9. The predicted molar refractivity (Wildman–Crippen MR) is 90.6 cm³/mol. The van der Waals surface area contributed by atoms with Gasteiger partial charge in [0.05, 0.1) is 5.69 Å². The van der Waals surface area contributed by atoms with Crippen LogP contribution in [-0.4, -0.2) is 27.1 Å². The van der Waals surface area contributed by atoms with Crippen LogP contribution < -0.4 is 17.0 Å². The van der Waals surface area contributed by atoms with E-state index in [1.807, 2.05) is 4.98 Å². The Kier molecular flexibility index (Phi) is 4.48. The average molecular weight is 447 g/mol. The Bertz CT molecular complexity index is 907. The summed E-state index contributed by atoms with van der Waals surface area (Å²) in [5.41, 5.74) is 8.93. The molecule has 0 unspecified atom stereocenters. The van der Waals surface area contributed by atoms with Crippen molar-refractivity contribution in [1.82, 2.24) is 4.98 Å². The van der Waals surface area contributed by atoms with Crippen molar-refractivity contribution in [3.8, 4) is 11.1 Å². The Morgan fingerprint density at radius 1 is 1.04 bits per heavy atom. The van der Waals surface area contributed by atoms with E-state index in [0.717, 1.165) is 0 Å². The van der Waals surface area contributed by atoms with Crippen LogP contribution in [0.5, 0.6) is 0 Å². The first-order valence-electron chi connectivity index (χ1n) is 5.92. The summed E-state index contributed by atoms with van der Waals surface area (Å²) in [6, 6.07) is 3.00. The molecule has 8 nitrogen and oxygen atoms in total. The number of nitrogen functional groups attached to an aromatic ring is 2. The molecule has 0 saturated heterocycles. The van der Waals surface area contributed by atoms with Crippen LogP contribution in [0.25, 0.3) is 11.1 Å². The van der Waals surface area contributed by atoms with E-state index in [2.05, 4.69) is 31.9 Å². The van der Waals surface area contributed by atoms with E-state index in [0.29, 0.717) is 8.95 Å². The maximum Gasteiger partial charge on any atom is 0.342 e. The Morgan fingerprint density at radius 2 is 1.61 bits per heavy atom. The summed E-state index contributed by atoms with van der Waals surface area (Å²) in [6.07, 6.45) is 0. The average Bonchev–Trinajstić information content (AvgIpc) is 2.40. The Labute approximate surface area is 145 Å². The van der Waals surface area contributed by atoms with E-state index in [9.17, 15) is 24.6 Å². The van der Waals surface area contributed by atoms with Crippen LogP contribution in [0.3, 0.4) is 0 Å². The number of anilines is 2. The largest absolute Gasteiger partial charge is 0.478 e. The summed E-state index contributed by atoms with van der Waals surface area (Å²) in [7, 11) is 0. The van der Waals surface area contributed by atoms with Gasteiger partial charge in [-0.1, -0.05) is 15.9 Å². The van der Waals surface area contributed by atoms with Crippen molar-refractivity contribution in [3.05, 3.63) is 42.6 Å². The molecule has 0 bridgehead atoms. The SMILES string of the molecule is Nc1[nH]c(=O)c(C(=O)O)c(-c2cc(Br)cc(Br)c2N)c1C(=O)O. The number of halogens is 2. The van der Waals surface area contributed by atoms with E-state index in [1.165, 1.54) is 6.07 Å². The number of aromatic carboxylic acids is 2. The quantitative estimate of drug-likeness (QED) is 0.451. The second-order valence-corrected chi connectivity index (χ2v) is 6.22. The van der Waals surface area contributed by atoms with Gasteiger partial charge in [0.25, 0.3) is 5.56 Å². The van der Waals surface area contributed by atoms with E-state index >= 15 is 0 Å². The molecule has 0 amide bonds. The number of rotatable bonds is 3. The van der Waals surface area contributed by atoms with Gasteiger partial charge in [0, 0.05) is 20.1 Å². The molecule has 0 aliphatic rings. The Balaban J connectivity index is 3.10. The zero-order valence-corrected chi connectivity index (χ0v) is 14.4. The molecular formula is C13H9Br2N3O5. The molecule has 23 heavy (non-hydrogen) atoms. The molecule has 2 aromatic rings. The zero-order valence-electron chi connectivity index (χ0n) is 11.2. The zero-order chi connectivity index (χ0) is 17.5. The maximum absolute atomic E-state index is 12.0. The lowest BCUT2D eigenvalue weighted by molar-refractivity contribution is 0.0695. The van der Waals surface area contributed by atoms with E-state index in [-0.39, 0.29) is 16.8 Å². The number of nitrogens with two attached hydrogens (primary N) is 2. The van der Waals surface area contributed by atoms with Crippen LogP contribution in [0.1, 0.15) is 20.7 Å². The van der Waals surface area contributed by atoms with Crippen LogP contribution in [0, 0.1) is 0 Å². The lowest BCUT2D eigenvalue weighted by Crippen LogP contribution is -2.24. The second-order valence-electron chi connectivity index (χ2n) is 4.45. The third-order valence-corrected chi connectivity index (χ3v) is 4.15. The summed E-state index contributed by atoms with van der Waals surface area (Å²) in [4.78, 5) is 37.0. The molecule has 0 aliphatic heterocycles. The highest BCUT2D eigenvalue weighted by Crippen LogP contribution is 2.38. The molecular weight excluding hydrogens is 438 g/mol. The monoisotopic (exact) mass is 445 g/mol. The highest BCUT2D eigenvalue weighted by molar-refractivity contribution is 9.11. The molecule has 120 valence electrons. The number of carboxylic acids is 2. The van der Waals surface area contributed by atoms with Crippen LogP contribution in [0.4, 0.5) is 11.5 Å². The highest BCUT2D eigenvalue weighted by Gasteiger charge is 2.28. The molecule has 0 atom stereocenters. The molecule has 0 saturated carbocycles. The van der Waals surface area contributed by atoms with Crippen molar-refractivity contribution in [2.45, 2.75) is 0 Å². The minimum absolute atomic E-state index is 0.0545. The third-order valence-electron chi connectivity index (χ3n) is 3.04. The Hall–Kier alpha value is -2.33. The van der Waals surface area contributed by atoms with Gasteiger partial charge in [-0.15, -0.1) is 0 Å². The predicted octanol–water partition coefficient (Wildman–Crippen LogP) is 2.13. The van der Waals surface area contributed by atoms with Crippen molar-refractivity contribution in [2.75, 3.05) is 11.5 Å². The fraction of sp³-hybridized carbons (Fsp3) is 0. The van der Waals surface area contributed by atoms with E-state index < -0.39 is 34.4 Å². The first-order chi connectivity index (χ1) is 10.6. The summed E-state index contributed by atoms with van der Waals surface area (Å²) < 4.78 is 0.897. The summed E-state index contributed by atoms with van der Waals surface area (Å²) in [5.74, 6) is -3.55. The molecule has 10 heteroatoms. The molecule has 7 N–H and O–H groups in total. The van der Waals surface area contributed by atoms with Crippen molar-refractivity contribution in [1.29, 1.82) is 0 Å². The normalized spacial score (nSPS) is 10.5. The topological polar surface area (TPSA) is 160 Å². The molecule has 1 heterocycles. The van der Waals surface area contributed by atoms with Crippen LogP contribution in [-0.2, 0) is 0 Å². The van der Waals surface area contributed by atoms with Crippen molar-refractivity contribution in [2.24, 2.45) is 0 Å². The van der Waals surface area contributed by atoms with E-state index in [1.54, 1.807) is 6.07 Å². The number of pyridine rings is 1. The third kappa shape index (κ3) is 2.94. The van der Waals surface area contributed by atoms with Gasteiger partial charge in [-0.05, 0) is 28.1 Å². The smallest absolute Gasteiger partial charge is 0.342 e. The maximum atomic E-state index is 12.0. The Morgan fingerprint density at radius 3 is 2.13 bits per heavy atom. The molecule has 1 aromatic carbocycles. The first kappa shape index (κ1) is 17.0. The standard InChI is InChI=1S/C13H9Br2N3O5/c14-3-1-4(9(16)5(15)2-3)6-7(12(20)21)10(17)18-11(19)8(6)13(22)23/h1-2H,16H2,(H,20,21)(H,22,23)(H3,17,18,19). The van der Waals surface area contributed by atoms with Gasteiger partial charge >= 0.3 is 11.9 Å². The number of carboxylic acid groups (broad SMARTS) is 2. The number of aromatic amines is 1. The lowest BCUT2D eigenvalue weighted by atomic mass is 9.94. The van der Waals surface area contributed by atoms with Crippen molar-refractivity contribution < 1.29 is 19.8 Å². The van der Waals surface area contributed by atoms with Crippen molar-refractivity contribution in [3.63, 3.8) is 0 Å². The summed E-state index contributed by atoms with van der Waals surface area (Å²) in [6.45, 7) is 0. The number of hydrogen-bond acceptors (Lipinski definition) is 5. The van der Waals surface area contributed by atoms with Crippen molar-refractivity contribution >= 4 is 55.3 Å². The lowest BCUT2D eigenvalue weighted by Gasteiger charge is -2.15. The molecule has 2 rings (SSSR count). The van der Waals surface area contributed by atoms with Crippen LogP contribution in [0.2, 0.25) is 0 Å². The van der Waals surface area contributed by atoms with Crippen LogP contribution in [0.15, 0.2) is 25.9 Å². The molecule has 0 fully saturated rings. The molecule has 1 aromatic heterocycles. The number of nitrogens with one attached hydrogen (secondary N) is 1. The van der Waals surface area contributed by atoms with Gasteiger partial charge in [-0.25, -0.2) is 9.59 Å². The second kappa shape index (κ2) is 6.05. The van der Waals surface area contributed by atoms with Gasteiger partial charge in [0.2, 0.25) is 0 Å². The fourth-order valence-electron chi connectivity index (χ4n) is 2.11. The minimum atomic E-state index is -1.60. The summed E-state index contributed by atoms with van der Waals surface area (Å²) in [5, 5.41) is 18.7. The van der Waals surface area contributed by atoms with Gasteiger partial charge in [-0.3, -0.25) is 4.79 Å². The number of carbonyl (C=O) groups is 2. The first-order valence-corrected chi connectivity index (χ1v) is 7.51. The van der Waals surface area contributed by atoms with Gasteiger partial charge < -0.3 is 26.7 Å². The minimum Gasteiger partial charge on any atom is -0.478 e.